The minimum Gasteiger partial charge on any atom is -0.332 e. The van der Waals surface area contributed by atoms with Crippen LogP contribution in [0.4, 0.5) is 0 Å². The molecule has 1 saturated heterocycles. The molecule has 1 aromatic heterocycles. The summed E-state index contributed by atoms with van der Waals surface area (Å²) in [6.45, 7) is 0.832. The van der Waals surface area contributed by atoms with Crippen LogP contribution >= 0.6 is 0 Å². The van der Waals surface area contributed by atoms with Gasteiger partial charge < -0.3 is 4.90 Å². The van der Waals surface area contributed by atoms with Crippen LogP contribution in [0, 0.1) is 0 Å². The number of amides is 1. The molecule has 0 saturated carbocycles. The second-order valence-electron chi connectivity index (χ2n) is 7.28. The van der Waals surface area contributed by atoms with Gasteiger partial charge in [0.15, 0.2) is 0 Å². The van der Waals surface area contributed by atoms with Gasteiger partial charge in [0.2, 0.25) is 10.0 Å². The van der Waals surface area contributed by atoms with Crippen LogP contribution < -0.4 is 4.72 Å². The second-order valence-corrected chi connectivity index (χ2v) is 9.05. The molecule has 1 aliphatic rings. The predicted octanol–water partition coefficient (Wildman–Crippen LogP) is 3.54. The van der Waals surface area contributed by atoms with Gasteiger partial charge in [0, 0.05) is 31.0 Å². The maximum atomic E-state index is 13.2. The third-order valence-electron chi connectivity index (χ3n) is 5.28. The number of rotatable bonds is 6. The average Bonchev–Trinajstić information content (AvgIpc) is 3.29. The van der Waals surface area contributed by atoms with E-state index in [-0.39, 0.29) is 23.4 Å². The molecule has 0 bridgehead atoms. The van der Waals surface area contributed by atoms with E-state index in [1.807, 2.05) is 42.5 Å². The molecule has 0 aliphatic carbocycles. The number of likely N-dealkylation sites (tertiary alicyclic amines) is 1. The smallest absolute Gasteiger partial charge is 0.254 e. The van der Waals surface area contributed by atoms with E-state index in [4.69, 9.17) is 0 Å². The largest absolute Gasteiger partial charge is 0.332 e. The number of nitrogens with one attached hydrogen (secondary N) is 1. The molecule has 4 rings (SSSR count). The number of carbonyl (C=O) groups excluding carboxylic acids is 1. The molecule has 1 N–H and O–H groups in total. The summed E-state index contributed by atoms with van der Waals surface area (Å²) < 4.78 is 28.1. The zero-order chi connectivity index (χ0) is 21.0. The van der Waals surface area contributed by atoms with E-state index in [2.05, 4.69) is 9.71 Å². The Balaban J connectivity index is 1.53. The highest BCUT2D eigenvalue weighted by Gasteiger charge is 2.31. The quantitative estimate of drug-likeness (QED) is 0.660. The molecule has 1 amide bonds. The number of sulfonamides is 1. The van der Waals surface area contributed by atoms with E-state index in [9.17, 15) is 13.2 Å². The summed E-state index contributed by atoms with van der Waals surface area (Å²) in [4.78, 5) is 19.2. The van der Waals surface area contributed by atoms with Crippen LogP contribution in [0.1, 0.15) is 40.4 Å². The van der Waals surface area contributed by atoms with Crippen LogP contribution in [-0.4, -0.2) is 30.8 Å². The van der Waals surface area contributed by atoms with Gasteiger partial charge in [0.1, 0.15) is 0 Å². The van der Waals surface area contributed by atoms with Crippen LogP contribution in [-0.2, 0) is 16.6 Å². The van der Waals surface area contributed by atoms with Crippen molar-refractivity contribution in [2.24, 2.45) is 0 Å². The van der Waals surface area contributed by atoms with Crippen molar-refractivity contribution in [3.8, 4) is 0 Å². The molecule has 1 fully saturated rings. The van der Waals surface area contributed by atoms with Crippen LogP contribution in [0.5, 0.6) is 0 Å². The highest BCUT2D eigenvalue weighted by Crippen LogP contribution is 2.32. The lowest BCUT2D eigenvalue weighted by Crippen LogP contribution is -2.31. The Kier molecular flexibility index (Phi) is 5.92. The molecule has 30 heavy (non-hydrogen) atoms. The molecule has 1 atom stereocenters. The third-order valence-corrected chi connectivity index (χ3v) is 6.68. The lowest BCUT2D eigenvalue weighted by atomic mass is 10.1. The van der Waals surface area contributed by atoms with Crippen molar-refractivity contribution in [1.82, 2.24) is 14.6 Å². The zero-order valence-electron chi connectivity index (χ0n) is 16.4. The fraction of sp³-hybridized carbons (Fsp3) is 0.217. The fourth-order valence-electron chi connectivity index (χ4n) is 3.75. The summed E-state index contributed by atoms with van der Waals surface area (Å²) in [6, 6.07) is 19.3. The number of hydrogen-bond acceptors (Lipinski definition) is 4. The number of carbonyl (C=O) groups is 1. The van der Waals surface area contributed by atoms with Gasteiger partial charge >= 0.3 is 0 Å². The van der Waals surface area contributed by atoms with E-state index in [1.165, 1.54) is 12.1 Å². The van der Waals surface area contributed by atoms with Gasteiger partial charge in [-0.1, -0.05) is 42.5 Å². The summed E-state index contributed by atoms with van der Waals surface area (Å²) in [5, 5.41) is 0. The summed E-state index contributed by atoms with van der Waals surface area (Å²) in [5.41, 5.74) is 2.23. The van der Waals surface area contributed by atoms with Gasteiger partial charge in [0.05, 0.1) is 10.9 Å². The predicted molar refractivity (Wildman–Crippen MR) is 114 cm³/mol. The maximum absolute atomic E-state index is 13.2. The topological polar surface area (TPSA) is 79.4 Å². The molecule has 6 nitrogen and oxygen atoms in total. The maximum Gasteiger partial charge on any atom is 0.254 e. The molecule has 1 unspecified atom stereocenters. The van der Waals surface area contributed by atoms with Crippen molar-refractivity contribution < 1.29 is 13.2 Å². The Labute approximate surface area is 176 Å². The Bertz CT molecular complexity index is 1120. The first kappa shape index (κ1) is 20.3. The van der Waals surface area contributed by atoms with Gasteiger partial charge in [-0.15, -0.1) is 0 Å². The average molecular weight is 422 g/mol. The molecule has 7 heteroatoms. The summed E-state index contributed by atoms with van der Waals surface area (Å²) in [5.74, 6) is -0.165. The van der Waals surface area contributed by atoms with Crippen LogP contribution in [0.2, 0.25) is 0 Å². The molecule has 1 aliphatic heterocycles. The van der Waals surface area contributed by atoms with Gasteiger partial charge in [-0.2, -0.15) is 0 Å². The summed E-state index contributed by atoms with van der Waals surface area (Å²) in [6.07, 6.45) is 5.27. The van der Waals surface area contributed by atoms with Gasteiger partial charge in [-0.3, -0.25) is 9.78 Å². The SMILES string of the molecule is O=C(c1cccc(S(=O)(=O)NCc2ccccc2)c1)N1CCCC1c1cccnc1. The monoisotopic (exact) mass is 421 g/mol. The van der Waals surface area contributed by atoms with Crippen LogP contribution in [0.25, 0.3) is 0 Å². The molecule has 0 radical (unpaired) electrons. The second kappa shape index (κ2) is 8.77. The molecule has 154 valence electrons. The number of pyridine rings is 1. The Morgan fingerprint density at radius 3 is 2.67 bits per heavy atom. The first-order valence-electron chi connectivity index (χ1n) is 9.89. The summed E-state index contributed by atoms with van der Waals surface area (Å²) >= 11 is 0. The number of hydrogen-bond donors (Lipinski definition) is 1. The number of benzene rings is 2. The Morgan fingerprint density at radius 1 is 1.07 bits per heavy atom. The number of aromatic nitrogens is 1. The zero-order valence-corrected chi connectivity index (χ0v) is 17.3. The van der Waals surface area contributed by atoms with E-state index in [0.717, 1.165) is 24.0 Å². The van der Waals surface area contributed by atoms with Gasteiger partial charge in [-0.05, 0) is 48.2 Å². The minimum atomic E-state index is -3.73. The lowest BCUT2D eigenvalue weighted by molar-refractivity contribution is 0.0735. The molecule has 0 spiro atoms. The minimum absolute atomic E-state index is 0.0392. The van der Waals surface area contributed by atoms with Crippen LogP contribution in [0.3, 0.4) is 0 Å². The van der Waals surface area contributed by atoms with Crippen molar-refractivity contribution in [2.75, 3.05) is 6.54 Å². The van der Waals surface area contributed by atoms with E-state index in [0.29, 0.717) is 12.1 Å². The molecule has 2 heterocycles. The van der Waals surface area contributed by atoms with Crippen LogP contribution in [0.15, 0.2) is 84.0 Å². The lowest BCUT2D eigenvalue weighted by Gasteiger charge is -2.25. The first-order valence-corrected chi connectivity index (χ1v) is 11.4. The molecular weight excluding hydrogens is 398 g/mol. The van der Waals surface area contributed by atoms with Crippen molar-refractivity contribution in [2.45, 2.75) is 30.3 Å². The van der Waals surface area contributed by atoms with E-state index >= 15 is 0 Å². The van der Waals surface area contributed by atoms with E-state index < -0.39 is 10.0 Å². The third kappa shape index (κ3) is 4.42. The Hall–Kier alpha value is -3.03. The van der Waals surface area contributed by atoms with Crippen molar-refractivity contribution in [3.63, 3.8) is 0 Å². The van der Waals surface area contributed by atoms with Crippen molar-refractivity contribution in [1.29, 1.82) is 0 Å². The van der Waals surface area contributed by atoms with Crippen molar-refractivity contribution in [3.05, 3.63) is 95.8 Å². The van der Waals surface area contributed by atoms with Gasteiger partial charge in [0.25, 0.3) is 5.91 Å². The molecule has 3 aromatic rings. The normalized spacial score (nSPS) is 16.5. The fourth-order valence-corrected chi connectivity index (χ4v) is 4.81. The highest BCUT2D eigenvalue weighted by atomic mass is 32.2. The highest BCUT2D eigenvalue weighted by molar-refractivity contribution is 7.89. The summed E-state index contributed by atoms with van der Waals surface area (Å²) in [7, 11) is -3.73. The van der Waals surface area contributed by atoms with Crippen molar-refractivity contribution >= 4 is 15.9 Å². The standard InChI is InChI=1S/C23H23N3O3S/c27-23(26-14-6-12-22(26)20-10-5-13-24-17-20)19-9-4-11-21(15-19)30(28,29)25-16-18-7-2-1-3-8-18/h1-5,7-11,13,15,17,22,25H,6,12,14,16H2. The number of nitrogens with zero attached hydrogens (tertiary/aromatic N) is 2. The van der Waals surface area contributed by atoms with E-state index in [1.54, 1.807) is 29.4 Å². The Morgan fingerprint density at radius 2 is 1.90 bits per heavy atom. The molecular formula is C23H23N3O3S. The first-order chi connectivity index (χ1) is 14.5. The van der Waals surface area contributed by atoms with Gasteiger partial charge in [-0.25, -0.2) is 13.1 Å². The molecule has 2 aromatic carbocycles.